The van der Waals surface area contributed by atoms with Gasteiger partial charge in [-0.05, 0) is 30.3 Å². The Kier molecular flexibility index (Phi) is 3.90. The average molecular weight is 312 g/mol. The highest BCUT2D eigenvalue weighted by Gasteiger charge is 2.19. The predicted molar refractivity (Wildman–Crippen MR) is 72.1 cm³/mol. The van der Waals surface area contributed by atoms with Crippen molar-refractivity contribution >= 4 is 21.6 Å². The molecule has 0 radical (unpaired) electrons. The number of sulfonamides is 1. The van der Waals surface area contributed by atoms with E-state index >= 15 is 0 Å². The molecule has 0 saturated carbocycles. The highest BCUT2D eigenvalue weighted by atomic mass is 32.2. The topological polar surface area (TPSA) is 89.3 Å². The van der Waals surface area contributed by atoms with Crippen LogP contribution in [0.1, 0.15) is 10.4 Å². The summed E-state index contributed by atoms with van der Waals surface area (Å²) in [6, 6.07) is 7.70. The van der Waals surface area contributed by atoms with Crippen LogP contribution in [-0.4, -0.2) is 14.3 Å². The normalized spacial score (nSPS) is 11.1. The molecule has 0 unspecified atom stereocenters. The third kappa shape index (κ3) is 3.16. The molecule has 110 valence electrons. The van der Waals surface area contributed by atoms with Crippen molar-refractivity contribution in [2.24, 2.45) is 5.73 Å². The van der Waals surface area contributed by atoms with Crippen LogP contribution in [-0.2, 0) is 10.0 Å². The standard InChI is InChI=1S/C13H10F2N2O3S/c14-10-6-5-8(7-9(10)13(16)18)17-21(19,20)12-4-2-1-3-11(12)15/h1-7,17H,(H2,16,18). The Labute approximate surface area is 119 Å². The van der Waals surface area contributed by atoms with Crippen molar-refractivity contribution in [1.82, 2.24) is 0 Å². The molecule has 0 aliphatic heterocycles. The van der Waals surface area contributed by atoms with E-state index in [0.29, 0.717) is 0 Å². The molecule has 0 aliphatic carbocycles. The fourth-order valence-corrected chi connectivity index (χ4v) is 2.78. The van der Waals surface area contributed by atoms with Gasteiger partial charge in [-0.2, -0.15) is 0 Å². The van der Waals surface area contributed by atoms with Gasteiger partial charge in [0.05, 0.1) is 5.56 Å². The summed E-state index contributed by atoms with van der Waals surface area (Å²) < 4.78 is 52.9. The maximum Gasteiger partial charge on any atom is 0.264 e. The molecule has 2 aromatic carbocycles. The third-order valence-corrected chi connectivity index (χ3v) is 4.02. The molecule has 8 heteroatoms. The van der Waals surface area contributed by atoms with Crippen molar-refractivity contribution in [3.63, 3.8) is 0 Å². The van der Waals surface area contributed by atoms with E-state index in [4.69, 9.17) is 5.73 Å². The van der Waals surface area contributed by atoms with E-state index in [1.165, 1.54) is 12.1 Å². The van der Waals surface area contributed by atoms with Crippen molar-refractivity contribution in [1.29, 1.82) is 0 Å². The smallest absolute Gasteiger partial charge is 0.264 e. The third-order valence-electron chi connectivity index (χ3n) is 2.61. The number of carbonyl (C=O) groups is 1. The second-order valence-electron chi connectivity index (χ2n) is 4.09. The molecule has 0 aromatic heterocycles. The summed E-state index contributed by atoms with van der Waals surface area (Å²) in [5.41, 5.74) is 4.39. The molecule has 0 spiro atoms. The number of anilines is 1. The molecule has 1 amide bonds. The summed E-state index contributed by atoms with van der Waals surface area (Å²) >= 11 is 0. The molecule has 3 N–H and O–H groups in total. The van der Waals surface area contributed by atoms with Crippen LogP contribution in [0.2, 0.25) is 0 Å². The lowest BCUT2D eigenvalue weighted by Crippen LogP contribution is -2.17. The molecule has 2 aromatic rings. The van der Waals surface area contributed by atoms with Gasteiger partial charge in [0.2, 0.25) is 0 Å². The minimum Gasteiger partial charge on any atom is -0.366 e. The van der Waals surface area contributed by atoms with Crippen LogP contribution in [0, 0.1) is 11.6 Å². The molecule has 5 nitrogen and oxygen atoms in total. The van der Waals surface area contributed by atoms with Crippen LogP contribution in [0.3, 0.4) is 0 Å². The van der Waals surface area contributed by atoms with E-state index in [1.807, 2.05) is 0 Å². The molecule has 0 atom stereocenters. The van der Waals surface area contributed by atoms with Crippen LogP contribution in [0.15, 0.2) is 47.4 Å². The SMILES string of the molecule is NC(=O)c1cc(NS(=O)(=O)c2ccccc2F)ccc1F. The lowest BCUT2D eigenvalue weighted by molar-refractivity contribution is 0.0996. The molecule has 0 saturated heterocycles. The monoisotopic (exact) mass is 312 g/mol. The fourth-order valence-electron chi connectivity index (χ4n) is 1.65. The molecule has 0 fully saturated rings. The first-order valence-corrected chi connectivity index (χ1v) is 7.16. The number of nitrogens with two attached hydrogens (primary N) is 1. The van der Waals surface area contributed by atoms with Crippen LogP contribution >= 0.6 is 0 Å². The van der Waals surface area contributed by atoms with Crippen LogP contribution in [0.5, 0.6) is 0 Å². The van der Waals surface area contributed by atoms with E-state index < -0.39 is 38.0 Å². The second-order valence-corrected chi connectivity index (χ2v) is 5.75. The lowest BCUT2D eigenvalue weighted by atomic mass is 10.2. The summed E-state index contributed by atoms with van der Waals surface area (Å²) in [6.07, 6.45) is 0. The number of nitrogens with one attached hydrogen (secondary N) is 1. The first-order chi connectivity index (χ1) is 9.81. The highest BCUT2D eigenvalue weighted by molar-refractivity contribution is 7.92. The predicted octanol–water partition coefficient (Wildman–Crippen LogP) is 1.86. The van der Waals surface area contributed by atoms with E-state index in [9.17, 15) is 22.0 Å². The molecule has 21 heavy (non-hydrogen) atoms. The number of rotatable bonds is 4. The van der Waals surface area contributed by atoms with Gasteiger partial charge in [-0.25, -0.2) is 17.2 Å². The van der Waals surface area contributed by atoms with Crippen molar-refractivity contribution in [2.45, 2.75) is 4.90 Å². The number of hydrogen-bond donors (Lipinski definition) is 2. The van der Waals surface area contributed by atoms with Gasteiger partial charge >= 0.3 is 0 Å². The summed E-state index contributed by atoms with van der Waals surface area (Å²) in [7, 11) is -4.20. The van der Waals surface area contributed by atoms with E-state index in [2.05, 4.69) is 4.72 Å². The summed E-state index contributed by atoms with van der Waals surface area (Å²) in [6.45, 7) is 0. The highest BCUT2D eigenvalue weighted by Crippen LogP contribution is 2.20. The Balaban J connectivity index is 2.40. The quantitative estimate of drug-likeness (QED) is 0.903. The van der Waals surface area contributed by atoms with Crippen LogP contribution in [0.4, 0.5) is 14.5 Å². The summed E-state index contributed by atoms with van der Waals surface area (Å²) in [4.78, 5) is 10.4. The Morgan fingerprint density at radius 1 is 1.05 bits per heavy atom. The average Bonchev–Trinajstić information content (AvgIpc) is 2.40. The number of carbonyl (C=O) groups excluding carboxylic acids is 1. The van der Waals surface area contributed by atoms with Gasteiger partial charge in [0.15, 0.2) is 0 Å². The Bertz CT molecular complexity index is 807. The Morgan fingerprint density at radius 2 is 1.71 bits per heavy atom. The van der Waals surface area contributed by atoms with Gasteiger partial charge in [-0.1, -0.05) is 12.1 Å². The van der Waals surface area contributed by atoms with Gasteiger partial charge in [0, 0.05) is 5.69 Å². The summed E-state index contributed by atoms with van der Waals surface area (Å²) in [5, 5.41) is 0. The summed E-state index contributed by atoms with van der Waals surface area (Å²) in [5.74, 6) is -2.85. The van der Waals surface area contributed by atoms with Crippen molar-refractivity contribution in [2.75, 3.05) is 4.72 Å². The van der Waals surface area contributed by atoms with Crippen molar-refractivity contribution in [3.8, 4) is 0 Å². The largest absolute Gasteiger partial charge is 0.366 e. The number of halogens is 2. The molecule has 0 bridgehead atoms. The zero-order chi connectivity index (χ0) is 15.6. The first kappa shape index (κ1) is 14.9. The number of primary amides is 1. The zero-order valence-electron chi connectivity index (χ0n) is 10.5. The van der Waals surface area contributed by atoms with Gasteiger partial charge in [0.1, 0.15) is 16.5 Å². The molecule has 0 aliphatic rings. The Hall–Kier alpha value is -2.48. The van der Waals surface area contributed by atoms with E-state index in [0.717, 1.165) is 30.3 Å². The lowest BCUT2D eigenvalue weighted by Gasteiger charge is -2.09. The van der Waals surface area contributed by atoms with Gasteiger partial charge < -0.3 is 5.73 Å². The number of hydrogen-bond acceptors (Lipinski definition) is 3. The molecular weight excluding hydrogens is 302 g/mol. The van der Waals surface area contributed by atoms with E-state index in [-0.39, 0.29) is 5.69 Å². The molecule has 0 heterocycles. The fraction of sp³-hybridized carbons (Fsp3) is 0. The second kappa shape index (κ2) is 5.49. The van der Waals surface area contributed by atoms with Gasteiger partial charge in [-0.3, -0.25) is 9.52 Å². The number of benzene rings is 2. The zero-order valence-corrected chi connectivity index (χ0v) is 11.3. The minimum absolute atomic E-state index is 0.103. The number of amides is 1. The first-order valence-electron chi connectivity index (χ1n) is 5.68. The van der Waals surface area contributed by atoms with Gasteiger partial charge in [0.25, 0.3) is 15.9 Å². The van der Waals surface area contributed by atoms with Gasteiger partial charge in [-0.15, -0.1) is 0 Å². The van der Waals surface area contributed by atoms with Crippen molar-refractivity contribution < 1.29 is 22.0 Å². The minimum atomic E-state index is -4.20. The Morgan fingerprint density at radius 3 is 2.33 bits per heavy atom. The van der Waals surface area contributed by atoms with E-state index in [1.54, 1.807) is 0 Å². The van der Waals surface area contributed by atoms with Crippen LogP contribution < -0.4 is 10.5 Å². The maximum atomic E-state index is 13.5. The van der Waals surface area contributed by atoms with Crippen molar-refractivity contribution in [3.05, 3.63) is 59.7 Å². The molecular formula is C13H10F2N2O3S. The maximum absolute atomic E-state index is 13.5. The van der Waals surface area contributed by atoms with Crippen LogP contribution in [0.25, 0.3) is 0 Å². The molecule has 2 rings (SSSR count).